The molecular formula is C22H23N5O. The van der Waals surface area contributed by atoms with Crippen LogP contribution in [0, 0.1) is 11.3 Å². The third-order valence-electron chi connectivity index (χ3n) is 5.25. The van der Waals surface area contributed by atoms with E-state index < -0.39 is 0 Å². The van der Waals surface area contributed by atoms with E-state index in [0.29, 0.717) is 17.3 Å². The SMILES string of the molecule is CCc1ccc(CN2CCCCC2c2nc(-c3cccc(C#N)c3)no2)nc1. The maximum Gasteiger partial charge on any atom is 0.244 e. The third-order valence-corrected chi connectivity index (χ3v) is 5.25. The Bertz CT molecular complexity index is 973. The minimum absolute atomic E-state index is 0.0989. The van der Waals surface area contributed by atoms with Crippen molar-refractivity contribution in [2.75, 3.05) is 6.54 Å². The Hall–Kier alpha value is -3.04. The van der Waals surface area contributed by atoms with Crippen molar-refractivity contribution in [3.8, 4) is 17.5 Å². The average molecular weight is 373 g/mol. The van der Waals surface area contributed by atoms with Crippen molar-refractivity contribution in [1.29, 1.82) is 5.26 Å². The topological polar surface area (TPSA) is 78.8 Å². The Kier molecular flexibility index (Phi) is 5.45. The summed E-state index contributed by atoms with van der Waals surface area (Å²) in [7, 11) is 0. The Morgan fingerprint density at radius 1 is 1.25 bits per heavy atom. The molecule has 6 nitrogen and oxygen atoms in total. The van der Waals surface area contributed by atoms with Crippen molar-refractivity contribution in [1.82, 2.24) is 20.0 Å². The first-order chi connectivity index (χ1) is 13.8. The number of aromatic nitrogens is 3. The number of pyridine rings is 1. The molecule has 1 saturated heterocycles. The van der Waals surface area contributed by atoms with E-state index in [1.54, 1.807) is 12.1 Å². The van der Waals surface area contributed by atoms with Crippen LogP contribution in [0.2, 0.25) is 0 Å². The van der Waals surface area contributed by atoms with Gasteiger partial charge in [-0.25, -0.2) is 0 Å². The van der Waals surface area contributed by atoms with E-state index in [-0.39, 0.29) is 6.04 Å². The summed E-state index contributed by atoms with van der Waals surface area (Å²) in [5.41, 5.74) is 3.70. The molecule has 2 aromatic heterocycles. The highest BCUT2D eigenvalue weighted by Gasteiger charge is 2.29. The minimum Gasteiger partial charge on any atom is -0.337 e. The normalized spacial score (nSPS) is 17.4. The van der Waals surface area contributed by atoms with Crippen LogP contribution < -0.4 is 0 Å². The average Bonchev–Trinajstić information content (AvgIpc) is 3.25. The van der Waals surface area contributed by atoms with Gasteiger partial charge in [-0.15, -0.1) is 0 Å². The number of nitriles is 1. The Morgan fingerprint density at radius 2 is 2.18 bits per heavy atom. The molecule has 0 spiro atoms. The van der Waals surface area contributed by atoms with Crippen molar-refractivity contribution >= 4 is 0 Å². The number of benzene rings is 1. The lowest BCUT2D eigenvalue weighted by Gasteiger charge is -2.33. The summed E-state index contributed by atoms with van der Waals surface area (Å²) >= 11 is 0. The number of likely N-dealkylation sites (tertiary alicyclic amines) is 1. The molecule has 1 aliphatic rings. The Labute approximate surface area is 164 Å². The molecule has 1 aliphatic heterocycles. The van der Waals surface area contributed by atoms with Crippen molar-refractivity contribution in [2.24, 2.45) is 0 Å². The van der Waals surface area contributed by atoms with E-state index in [4.69, 9.17) is 9.78 Å². The van der Waals surface area contributed by atoms with Crippen molar-refractivity contribution < 1.29 is 4.52 Å². The van der Waals surface area contributed by atoms with Gasteiger partial charge in [0.05, 0.1) is 23.4 Å². The van der Waals surface area contributed by atoms with Gasteiger partial charge in [-0.05, 0) is 49.6 Å². The standard InChI is InChI=1S/C22H23N5O/c1-2-16-9-10-19(24-14-16)15-27-11-4-3-8-20(27)22-25-21(26-28-22)18-7-5-6-17(12-18)13-23/h5-7,9-10,12,14,20H,2-4,8,11,15H2,1H3. The first-order valence-electron chi connectivity index (χ1n) is 9.79. The first kappa shape index (κ1) is 18.3. The van der Waals surface area contributed by atoms with Crippen LogP contribution in [-0.4, -0.2) is 26.6 Å². The molecule has 28 heavy (non-hydrogen) atoms. The number of rotatable bonds is 5. The number of aryl methyl sites for hydroxylation is 1. The van der Waals surface area contributed by atoms with Crippen LogP contribution in [0.5, 0.6) is 0 Å². The zero-order valence-corrected chi connectivity index (χ0v) is 16.0. The van der Waals surface area contributed by atoms with E-state index in [1.807, 2.05) is 18.3 Å². The van der Waals surface area contributed by atoms with Gasteiger partial charge in [-0.2, -0.15) is 10.2 Å². The lowest BCUT2D eigenvalue weighted by atomic mass is 10.0. The van der Waals surface area contributed by atoms with Gasteiger partial charge in [0.1, 0.15) is 0 Å². The van der Waals surface area contributed by atoms with Crippen LogP contribution >= 0.6 is 0 Å². The second kappa shape index (κ2) is 8.32. The maximum absolute atomic E-state index is 9.10. The predicted octanol–water partition coefficient (Wildman–Crippen LogP) is 4.29. The molecule has 0 N–H and O–H groups in total. The van der Waals surface area contributed by atoms with Crippen molar-refractivity contribution in [3.05, 3.63) is 65.3 Å². The van der Waals surface area contributed by atoms with E-state index in [0.717, 1.165) is 50.0 Å². The molecule has 1 unspecified atom stereocenters. The largest absolute Gasteiger partial charge is 0.337 e. The Morgan fingerprint density at radius 3 is 2.96 bits per heavy atom. The lowest BCUT2D eigenvalue weighted by Crippen LogP contribution is -2.33. The van der Waals surface area contributed by atoms with Gasteiger partial charge in [-0.3, -0.25) is 9.88 Å². The minimum atomic E-state index is 0.0989. The molecule has 1 atom stereocenters. The summed E-state index contributed by atoms with van der Waals surface area (Å²) in [5.74, 6) is 1.17. The third kappa shape index (κ3) is 3.95. The van der Waals surface area contributed by atoms with Crippen molar-refractivity contribution in [3.63, 3.8) is 0 Å². The van der Waals surface area contributed by atoms with Crippen molar-refractivity contribution in [2.45, 2.75) is 45.2 Å². The predicted molar refractivity (Wildman–Crippen MR) is 105 cm³/mol. The summed E-state index contributed by atoms with van der Waals surface area (Å²) < 4.78 is 5.63. The van der Waals surface area contributed by atoms with E-state index in [1.165, 1.54) is 5.56 Å². The van der Waals surface area contributed by atoms with E-state index in [9.17, 15) is 0 Å². The Balaban J connectivity index is 1.54. The molecule has 0 aliphatic carbocycles. The van der Waals surface area contributed by atoms with Gasteiger partial charge in [0.15, 0.2) is 0 Å². The second-order valence-electron chi connectivity index (χ2n) is 7.14. The number of piperidine rings is 1. The monoisotopic (exact) mass is 373 g/mol. The van der Waals surface area contributed by atoms with E-state index >= 15 is 0 Å². The van der Waals surface area contributed by atoms with E-state index in [2.05, 4.69) is 45.2 Å². The first-order valence-corrected chi connectivity index (χ1v) is 9.79. The van der Waals surface area contributed by atoms with Gasteiger partial charge >= 0.3 is 0 Å². The summed E-state index contributed by atoms with van der Waals surface area (Å²) in [6.45, 7) is 3.90. The molecule has 3 aromatic rings. The molecule has 0 amide bonds. The summed E-state index contributed by atoms with van der Waals surface area (Å²) in [4.78, 5) is 11.6. The summed E-state index contributed by atoms with van der Waals surface area (Å²) in [5, 5.41) is 13.3. The van der Waals surface area contributed by atoms with Crippen LogP contribution in [0.15, 0.2) is 47.1 Å². The number of hydrogen-bond acceptors (Lipinski definition) is 6. The molecule has 3 heterocycles. The molecule has 4 rings (SSSR count). The highest BCUT2D eigenvalue weighted by atomic mass is 16.5. The zero-order valence-electron chi connectivity index (χ0n) is 16.0. The molecule has 1 aromatic carbocycles. The molecular weight excluding hydrogens is 350 g/mol. The van der Waals surface area contributed by atoms with Crippen LogP contribution in [0.1, 0.15) is 54.9 Å². The maximum atomic E-state index is 9.10. The zero-order chi connectivity index (χ0) is 19.3. The summed E-state index contributed by atoms with van der Waals surface area (Å²) in [6, 6.07) is 13.8. The van der Waals surface area contributed by atoms with Gasteiger partial charge in [0, 0.05) is 18.3 Å². The fourth-order valence-corrected chi connectivity index (χ4v) is 3.64. The molecule has 142 valence electrons. The fourth-order valence-electron chi connectivity index (χ4n) is 3.64. The van der Waals surface area contributed by atoms with Gasteiger partial charge in [0.2, 0.25) is 11.7 Å². The molecule has 1 fully saturated rings. The van der Waals surface area contributed by atoms with Crippen LogP contribution in [0.4, 0.5) is 0 Å². The quantitative estimate of drug-likeness (QED) is 0.664. The summed E-state index contributed by atoms with van der Waals surface area (Å²) in [6.07, 6.45) is 6.26. The number of hydrogen-bond donors (Lipinski definition) is 0. The van der Waals surface area contributed by atoms with Crippen LogP contribution in [0.3, 0.4) is 0 Å². The number of nitrogens with zero attached hydrogens (tertiary/aromatic N) is 5. The fraction of sp³-hybridized carbons (Fsp3) is 0.364. The highest BCUT2D eigenvalue weighted by molar-refractivity contribution is 5.57. The van der Waals surface area contributed by atoms with Gasteiger partial charge in [0.25, 0.3) is 0 Å². The van der Waals surface area contributed by atoms with Crippen LogP contribution in [0.25, 0.3) is 11.4 Å². The molecule has 0 saturated carbocycles. The lowest BCUT2D eigenvalue weighted by molar-refractivity contribution is 0.110. The second-order valence-corrected chi connectivity index (χ2v) is 7.14. The smallest absolute Gasteiger partial charge is 0.244 e. The van der Waals surface area contributed by atoms with Gasteiger partial charge in [-0.1, -0.05) is 36.7 Å². The van der Waals surface area contributed by atoms with Gasteiger partial charge < -0.3 is 4.52 Å². The molecule has 6 heteroatoms. The highest BCUT2D eigenvalue weighted by Crippen LogP contribution is 2.32. The van der Waals surface area contributed by atoms with Crippen LogP contribution in [-0.2, 0) is 13.0 Å². The molecule has 0 radical (unpaired) electrons. The molecule has 0 bridgehead atoms.